The molecule has 2 aliphatic rings. The molecule has 0 N–H and O–H groups in total. The number of nitrogens with zero attached hydrogens (tertiary/aromatic N) is 5. The SMILES string of the molecule is Fc1ccc(C(c2cnnn2Cc2ccccc2)N2CCCN(C3CCC3)CC2)cc1. The Labute approximate surface area is 183 Å². The molecular weight excluding hydrogens is 389 g/mol. The monoisotopic (exact) mass is 419 g/mol. The first kappa shape index (κ1) is 20.3. The van der Waals surface area contributed by atoms with E-state index in [-0.39, 0.29) is 11.9 Å². The van der Waals surface area contributed by atoms with E-state index in [2.05, 4.69) is 32.2 Å². The Hall–Kier alpha value is -2.57. The van der Waals surface area contributed by atoms with Crippen LogP contribution in [0.15, 0.2) is 60.8 Å². The summed E-state index contributed by atoms with van der Waals surface area (Å²) >= 11 is 0. The van der Waals surface area contributed by atoms with Gasteiger partial charge in [0, 0.05) is 25.7 Å². The Kier molecular flexibility index (Phi) is 6.09. The molecule has 1 aliphatic heterocycles. The Bertz CT molecular complexity index is 967. The van der Waals surface area contributed by atoms with E-state index in [1.165, 1.54) is 31.4 Å². The zero-order valence-electron chi connectivity index (χ0n) is 17.9. The van der Waals surface area contributed by atoms with Crippen molar-refractivity contribution in [1.29, 1.82) is 0 Å². The summed E-state index contributed by atoms with van der Waals surface area (Å²) in [4.78, 5) is 5.21. The van der Waals surface area contributed by atoms with Gasteiger partial charge in [-0.3, -0.25) is 9.80 Å². The fraction of sp³-hybridized carbons (Fsp3) is 0.440. The lowest BCUT2D eigenvalue weighted by molar-refractivity contribution is 0.128. The molecule has 0 radical (unpaired) electrons. The predicted octanol–water partition coefficient (Wildman–Crippen LogP) is 4.12. The van der Waals surface area contributed by atoms with Crippen molar-refractivity contribution in [3.63, 3.8) is 0 Å². The first-order chi connectivity index (χ1) is 15.3. The summed E-state index contributed by atoms with van der Waals surface area (Å²) in [5.41, 5.74) is 3.35. The minimum absolute atomic E-state index is 0.0145. The number of aromatic nitrogens is 3. The zero-order chi connectivity index (χ0) is 21.0. The van der Waals surface area contributed by atoms with Gasteiger partial charge < -0.3 is 0 Å². The molecule has 0 spiro atoms. The normalized spacial score (nSPS) is 19.6. The van der Waals surface area contributed by atoms with Gasteiger partial charge in [-0.05, 0) is 49.1 Å². The van der Waals surface area contributed by atoms with Gasteiger partial charge in [0.15, 0.2) is 0 Å². The molecular formula is C25H30FN5. The van der Waals surface area contributed by atoms with Gasteiger partial charge >= 0.3 is 0 Å². The van der Waals surface area contributed by atoms with Gasteiger partial charge in [-0.25, -0.2) is 9.07 Å². The maximum absolute atomic E-state index is 13.7. The third-order valence-corrected chi connectivity index (χ3v) is 6.81. The molecule has 5 nitrogen and oxygen atoms in total. The van der Waals surface area contributed by atoms with Crippen molar-refractivity contribution in [2.24, 2.45) is 0 Å². The van der Waals surface area contributed by atoms with Crippen LogP contribution in [0.5, 0.6) is 0 Å². The lowest BCUT2D eigenvalue weighted by atomic mass is 9.91. The highest BCUT2D eigenvalue weighted by Crippen LogP contribution is 2.31. The molecule has 1 aliphatic carbocycles. The van der Waals surface area contributed by atoms with Crippen LogP contribution in [0.3, 0.4) is 0 Å². The number of benzene rings is 2. The van der Waals surface area contributed by atoms with E-state index < -0.39 is 0 Å². The minimum atomic E-state index is -0.203. The van der Waals surface area contributed by atoms with Crippen molar-refractivity contribution < 1.29 is 4.39 Å². The maximum atomic E-state index is 13.7. The van der Waals surface area contributed by atoms with Crippen LogP contribution >= 0.6 is 0 Å². The van der Waals surface area contributed by atoms with Crippen LogP contribution in [-0.2, 0) is 6.54 Å². The Morgan fingerprint density at radius 3 is 2.45 bits per heavy atom. The zero-order valence-corrected chi connectivity index (χ0v) is 17.9. The van der Waals surface area contributed by atoms with E-state index >= 15 is 0 Å². The molecule has 0 amide bonds. The van der Waals surface area contributed by atoms with E-state index in [4.69, 9.17) is 0 Å². The highest BCUT2D eigenvalue weighted by molar-refractivity contribution is 5.28. The summed E-state index contributed by atoms with van der Waals surface area (Å²) in [6, 6.07) is 18.1. The van der Waals surface area contributed by atoms with Crippen LogP contribution < -0.4 is 0 Å². The lowest BCUT2D eigenvalue weighted by Gasteiger charge is -2.37. The molecule has 2 fully saturated rings. The van der Waals surface area contributed by atoms with Crippen molar-refractivity contribution in [3.8, 4) is 0 Å². The third-order valence-electron chi connectivity index (χ3n) is 6.81. The van der Waals surface area contributed by atoms with E-state index in [0.29, 0.717) is 6.54 Å². The highest BCUT2D eigenvalue weighted by Gasteiger charge is 2.31. The average molecular weight is 420 g/mol. The molecule has 6 heteroatoms. The van der Waals surface area contributed by atoms with Crippen molar-refractivity contribution >= 4 is 0 Å². The molecule has 1 atom stereocenters. The number of hydrogen-bond donors (Lipinski definition) is 0. The molecule has 1 saturated heterocycles. The molecule has 0 bridgehead atoms. The van der Waals surface area contributed by atoms with Crippen LogP contribution in [0.2, 0.25) is 0 Å². The molecule has 1 saturated carbocycles. The summed E-state index contributed by atoms with van der Waals surface area (Å²) in [7, 11) is 0. The lowest BCUT2D eigenvalue weighted by Crippen LogP contribution is -2.42. The van der Waals surface area contributed by atoms with Gasteiger partial charge in [0.1, 0.15) is 5.82 Å². The highest BCUT2D eigenvalue weighted by atomic mass is 19.1. The number of halogens is 1. The molecule has 162 valence electrons. The summed E-state index contributed by atoms with van der Waals surface area (Å²) in [5.74, 6) is -0.203. The number of hydrogen-bond acceptors (Lipinski definition) is 4. The third kappa shape index (κ3) is 4.55. The second kappa shape index (κ2) is 9.28. The van der Waals surface area contributed by atoms with Crippen LogP contribution in [0.1, 0.15) is 48.5 Å². The predicted molar refractivity (Wildman–Crippen MR) is 119 cm³/mol. The molecule has 3 aromatic rings. The van der Waals surface area contributed by atoms with Crippen LogP contribution in [0, 0.1) is 5.82 Å². The van der Waals surface area contributed by atoms with Gasteiger partial charge in [-0.1, -0.05) is 54.1 Å². The summed E-state index contributed by atoms with van der Waals surface area (Å²) in [5, 5.41) is 8.68. The van der Waals surface area contributed by atoms with E-state index in [1.54, 1.807) is 12.1 Å². The van der Waals surface area contributed by atoms with Gasteiger partial charge in [-0.15, -0.1) is 5.10 Å². The number of rotatable bonds is 6. The second-order valence-electron chi connectivity index (χ2n) is 8.77. The standard InChI is InChI=1S/C25H30FN5/c26-22-12-10-21(11-13-22)25(30-15-5-14-29(16-17-30)23-8-4-9-23)24-18-27-28-31(24)19-20-6-2-1-3-7-20/h1-3,6-7,10-13,18,23,25H,4-5,8-9,14-17,19H2. The molecule has 2 heterocycles. The Morgan fingerprint density at radius 2 is 1.71 bits per heavy atom. The smallest absolute Gasteiger partial charge is 0.123 e. The van der Waals surface area contributed by atoms with Crippen LogP contribution in [-0.4, -0.2) is 57.0 Å². The fourth-order valence-electron chi connectivity index (χ4n) is 4.90. The van der Waals surface area contributed by atoms with Gasteiger partial charge in [0.2, 0.25) is 0 Å². The van der Waals surface area contributed by atoms with E-state index in [0.717, 1.165) is 43.4 Å². The van der Waals surface area contributed by atoms with Gasteiger partial charge in [0.25, 0.3) is 0 Å². The van der Waals surface area contributed by atoms with E-state index in [1.807, 2.05) is 41.2 Å². The molecule has 2 aromatic carbocycles. The van der Waals surface area contributed by atoms with Crippen LogP contribution in [0.4, 0.5) is 4.39 Å². The molecule has 31 heavy (non-hydrogen) atoms. The topological polar surface area (TPSA) is 37.2 Å². The summed E-state index contributed by atoms with van der Waals surface area (Å²) < 4.78 is 15.7. The Balaban J connectivity index is 1.44. The van der Waals surface area contributed by atoms with Crippen LogP contribution in [0.25, 0.3) is 0 Å². The first-order valence-corrected chi connectivity index (χ1v) is 11.4. The van der Waals surface area contributed by atoms with E-state index in [9.17, 15) is 4.39 Å². The van der Waals surface area contributed by atoms with Crippen molar-refractivity contribution in [1.82, 2.24) is 24.8 Å². The van der Waals surface area contributed by atoms with Crippen molar-refractivity contribution in [3.05, 3.63) is 83.4 Å². The fourth-order valence-corrected chi connectivity index (χ4v) is 4.90. The Morgan fingerprint density at radius 1 is 0.903 bits per heavy atom. The largest absolute Gasteiger partial charge is 0.299 e. The molecule has 5 rings (SSSR count). The first-order valence-electron chi connectivity index (χ1n) is 11.4. The van der Waals surface area contributed by atoms with Gasteiger partial charge in [-0.2, -0.15) is 0 Å². The quantitative estimate of drug-likeness (QED) is 0.603. The van der Waals surface area contributed by atoms with Crippen molar-refractivity contribution in [2.75, 3.05) is 26.2 Å². The maximum Gasteiger partial charge on any atom is 0.123 e. The van der Waals surface area contributed by atoms with Gasteiger partial charge in [0.05, 0.1) is 24.5 Å². The molecule has 1 unspecified atom stereocenters. The van der Waals surface area contributed by atoms with Crippen molar-refractivity contribution in [2.45, 2.75) is 44.3 Å². The minimum Gasteiger partial charge on any atom is -0.299 e. The molecule has 1 aromatic heterocycles. The summed E-state index contributed by atoms with van der Waals surface area (Å²) in [6.07, 6.45) is 7.08. The summed E-state index contributed by atoms with van der Waals surface area (Å²) in [6.45, 7) is 4.94. The average Bonchev–Trinajstić information content (AvgIpc) is 3.06. The second-order valence-corrected chi connectivity index (χ2v) is 8.77.